The Bertz CT molecular complexity index is 1250. The topological polar surface area (TPSA) is 17.3 Å². The van der Waals surface area contributed by atoms with E-state index < -0.39 is 0 Å². The molecule has 1 saturated heterocycles. The maximum Gasteiger partial charge on any atom is 2.00 e. The minimum atomic E-state index is 0. The van der Waals surface area contributed by atoms with Crippen molar-refractivity contribution in [1.82, 2.24) is 4.90 Å². The molecular weight excluding hydrogens is 548 g/mol. The number of nitrogens with zero attached hydrogens (tertiary/aromatic N) is 2. The van der Waals surface area contributed by atoms with Gasteiger partial charge in [0.1, 0.15) is 0 Å². The first-order valence-electron chi connectivity index (χ1n) is 13.5. The van der Waals surface area contributed by atoms with Gasteiger partial charge in [-0.05, 0) is 36.1 Å². The van der Waals surface area contributed by atoms with Gasteiger partial charge in [0.25, 0.3) is 0 Å². The van der Waals surface area contributed by atoms with Gasteiger partial charge in [-0.3, -0.25) is 12.1 Å². The van der Waals surface area contributed by atoms with Crippen LogP contribution in [0.5, 0.6) is 0 Å². The molecule has 0 spiro atoms. The van der Waals surface area contributed by atoms with E-state index in [9.17, 15) is 0 Å². The van der Waals surface area contributed by atoms with Gasteiger partial charge in [0, 0.05) is 12.2 Å². The number of hydrogen-bond donors (Lipinski definition) is 0. The smallest absolute Gasteiger partial charge is 0.682 e. The minimum absolute atomic E-state index is 0. The molecule has 0 amide bonds. The zero-order valence-corrected chi connectivity index (χ0v) is 27.1. The Morgan fingerprint density at radius 3 is 2.56 bits per heavy atom. The molecule has 0 bridgehead atoms. The van der Waals surface area contributed by atoms with Crippen molar-refractivity contribution in [2.75, 3.05) is 6.54 Å². The number of allylic oxidation sites excluding steroid dienone is 7. The summed E-state index contributed by atoms with van der Waals surface area (Å²) in [6.07, 6.45) is 19.1. The van der Waals surface area contributed by atoms with Gasteiger partial charge in [-0.2, -0.15) is 48.5 Å². The number of piperidine rings is 1. The van der Waals surface area contributed by atoms with Crippen molar-refractivity contribution in [1.29, 1.82) is 0 Å². The monoisotopic (exact) mass is 586 g/mol. The minimum Gasteiger partial charge on any atom is -0.682 e. The van der Waals surface area contributed by atoms with Crippen molar-refractivity contribution >= 4 is 51.1 Å². The number of hydrogen-bond acceptors (Lipinski definition) is 1. The van der Waals surface area contributed by atoms with Gasteiger partial charge in [0.05, 0.1) is 0 Å². The largest absolute Gasteiger partial charge is 2.00 e. The van der Waals surface area contributed by atoms with Crippen LogP contribution in [0.1, 0.15) is 50.8 Å². The van der Waals surface area contributed by atoms with Gasteiger partial charge in [-0.15, -0.1) is 13.5 Å². The summed E-state index contributed by atoms with van der Waals surface area (Å²) in [5.41, 5.74) is 7.30. The molecule has 3 heterocycles. The first kappa shape index (κ1) is 31.1. The molecule has 2 unspecified atom stereocenters. The van der Waals surface area contributed by atoms with Crippen LogP contribution in [-0.2, 0) is 0 Å². The van der Waals surface area contributed by atoms with E-state index in [1.807, 2.05) is 36.5 Å². The molecule has 0 radical (unpaired) electrons. The second-order valence-corrected chi connectivity index (χ2v) is 9.62. The molecule has 0 N–H and O–H groups in total. The molecule has 39 heavy (non-hydrogen) atoms. The molecule has 2 aromatic carbocycles. The zero-order chi connectivity index (χ0) is 26.9. The summed E-state index contributed by atoms with van der Waals surface area (Å²) >= 11 is 0. The first-order valence-corrected chi connectivity index (χ1v) is 13.5. The number of benzene rings is 2. The summed E-state index contributed by atoms with van der Waals surface area (Å²) in [5, 5.41) is 4.64. The molecule has 0 aliphatic carbocycles. The maximum atomic E-state index is 4.64. The second-order valence-electron chi connectivity index (χ2n) is 9.62. The summed E-state index contributed by atoms with van der Waals surface area (Å²) in [7, 11) is 0. The van der Waals surface area contributed by atoms with Crippen molar-refractivity contribution in [2.45, 2.75) is 39.7 Å². The Kier molecular flexibility index (Phi) is 12.3. The first-order chi connectivity index (χ1) is 18.6. The SMILES string of the molecule is C=CCC1C(=C)C2=CC=CCN2[C-](CC)[C-]1C=CC.CC1=CC(c2[c-]cccc2)[N-]C=C1c1ccccc1.[Sr+2]. The quantitative estimate of drug-likeness (QED) is 0.188. The van der Waals surface area contributed by atoms with Gasteiger partial charge in [0.2, 0.25) is 0 Å². The molecule has 2 nitrogen and oxygen atoms in total. The third-order valence-corrected chi connectivity index (χ3v) is 7.17. The fourth-order valence-electron chi connectivity index (χ4n) is 5.30. The van der Waals surface area contributed by atoms with Crippen molar-refractivity contribution in [3.63, 3.8) is 0 Å². The summed E-state index contributed by atoms with van der Waals surface area (Å²) in [6, 6.07) is 23.2. The van der Waals surface area contributed by atoms with Gasteiger partial charge in [-0.1, -0.05) is 85.7 Å². The van der Waals surface area contributed by atoms with Crippen LogP contribution < -0.4 is 0 Å². The molecule has 2 aromatic rings. The molecule has 1 fully saturated rings. The maximum absolute atomic E-state index is 4.64. The van der Waals surface area contributed by atoms with Crippen LogP contribution in [0.25, 0.3) is 10.9 Å². The Hall–Kier alpha value is -2.43. The molecule has 3 aliphatic rings. The molecule has 196 valence electrons. The molecular formula is C36H38N2Sr-2. The van der Waals surface area contributed by atoms with Crippen molar-refractivity contribution in [3.05, 3.63) is 168 Å². The molecule has 3 aliphatic heterocycles. The van der Waals surface area contributed by atoms with Crippen molar-refractivity contribution < 1.29 is 0 Å². The van der Waals surface area contributed by atoms with Gasteiger partial charge < -0.3 is 16.1 Å². The van der Waals surface area contributed by atoms with Crippen LogP contribution in [0, 0.1) is 23.9 Å². The standard InChI is InChI=1S/C18H15N.C18H23N.Sr/c1-14-12-18(16-10-6-3-7-11-16)19-13-17(14)15-8-4-2-5-9-15;1-5-10-15-14(4)18-12-8-9-13-19(18)17(7-3)16(15)11-6-2;/h2-10,12-13,18H,1H3;5-6,8-9,11-12,15H,1,4,7,10,13H2,2-3H3;/q2*-2;+2. The normalized spacial score (nSPS) is 20.5. The van der Waals surface area contributed by atoms with Gasteiger partial charge in [-0.25, -0.2) is 6.08 Å². The summed E-state index contributed by atoms with van der Waals surface area (Å²) < 4.78 is 0. The Labute approximate surface area is 273 Å². The van der Waals surface area contributed by atoms with E-state index in [0.717, 1.165) is 24.9 Å². The number of fused-ring (bicyclic) bond motifs is 1. The van der Waals surface area contributed by atoms with E-state index in [1.54, 1.807) is 0 Å². The molecule has 5 rings (SSSR count). The molecule has 3 heteroatoms. The average molecular weight is 586 g/mol. The average Bonchev–Trinajstić information content (AvgIpc) is 2.97. The summed E-state index contributed by atoms with van der Waals surface area (Å²) in [5.74, 6) is 1.78. The summed E-state index contributed by atoms with van der Waals surface area (Å²) in [4.78, 5) is 2.40. The summed E-state index contributed by atoms with van der Waals surface area (Å²) in [6.45, 7) is 15.6. The molecule has 2 atom stereocenters. The molecule has 0 saturated carbocycles. The third kappa shape index (κ3) is 7.41. The van der Waals surface area contributed by atoms with Crippen LogP contribution >= 0.6 is 0 Å². The van der Waals surface area contributed by atoms with Crippen LogP contribution in [0.4, 0.5) is 0 Å². The van der Waals surface area contributed by atoms with Crippen LogP contribution in [-0.4, -0.2) is 56.9 Å². The van der Waals surface area contributed by atoms with Crippen LogP contribution in [0.2, 0.25) is 0 Å². The fraction of sp³-hybridized carbons (Fsp3) is 0.222. The van der Waals surface area contributed by atoms with Gasteiger partial charge in [0.15, 0.2) is 0 Å². The third-order valence-electron chi connectivity index (χ3n) is 7.17. The second kappa shape index (κ2) is 15.4. The van der Waals surface area contributed by atoms with Crippen molar-refractivity contribution in [2.24, 2.45) is 5.92 Å². The van der Waals surface area contributed by atoms with E-state index in [0.29, 0.717) is 5.92 Å². The van der Waals surface area contributed by atoms with E-state index in [2.05, 4.69) is 117 Å². The van der Waals surface area contributed by atoms with Crippen LogP contribution in [0.3, 0.4) is 0 Å². The number of rotatable bonds is 6. The predicted octanol–water partition coefficient (Wildman–Crippen LogP) is 9.12. The van der Waals surface area contributed by atoms with E-state index in [1.165, 1.54) is 39.9 Å². The van der Waals surface area contributed by atoms with Crippen LogP contribution in [0.15, 0.2) is 133 Å². The van der Waals surface area contributed by atoms with E-state index in [-0.39, 0.29) is 51.5 Å². The Morgan fingerprint density at radius 1 is 1.15 bits per heavy atom. The zero-order valence-electron chi connectivity index (χ0n) is 23.6. The Balaban J connectivity index is 0.000000210. The predicted molar refractivity (Wildman–Crippen MR) is 168 cm³/mol. The van der Waals surface area contributed by atoms with Crippen molar-refractivity contribution in [3.8, 4) is 0 Å². The fourth-order valence-corrected chi connectivity index (χ4v) is 5.30. The van der Waals surface area contributed by atoms with E-state index >= 15 is 0 Å². The van der Waals surface area contributed by atoms with E-state index in [4.69, 9.17) is 0 Å². The van der Waals surface area contributed by atoms with Gasteiger partial charge >= 0.3 is 45.5 Å². The molecule has 0 aromatic heterocycles. The Morgan fingerprint density at radius 2 is 1.92 bits per heavy atom.